The second kappa shape index (κ2) is 17.7. The molecule has 16 nitrogen and oxygen atoms in total. The second-order valence-electron chi connectivity index (χ2n) is 20.0. The van der Waals surface area contributed by atoms with E-state index in [0.29, 0.717) is 42.7 Å². The van der Waals surface area contributed by atoms with Crippen molar-refractivity contribution in [1.82, 2.24) is 19.6 Å². The molecule has 1 spiro atoms. The number of carbonyl (C=O) groups excluding carboxylic acids is 1. The average Bonchev–Trinajstić information content (AvgIpc) is 3.77. The highest BCUT2D eigenvalue weighted by Crippen LogP contribution is 2.53. The van der Waals surface area contributed by atoms with Gasteiger partial charge in [-0.3, -0.25) is 9.69 Å². The lowest BCUT2D eigenvalue weighted by atomic mass is 9.59. The number of nitrogens with two attached hydrogens (primary N) is 1. The number of rotatable bonds is 11. The summed E-state index contributed by atoms with van der Waals surface area (Å²) in [5.74, 6) is 0.196. The van der Waals surface area contributed by atoms with Crippen LogP contribution in [0.5, 0.6) is 17.2 Å². The predicted octanol–water partition coefficient (Wildman–Crippen LogP) is 8.51. The Bertz CT molecular complexity index is 2790. The summed E-state index contributed by atoms with van der Waals surface area (Å²) in [6.07, 6.45) is 8.87. The van der Waals surface area contributed by atoms with Crippen molar-refractivity contribution in [3.05, 3.63) is 94.5 Å². The minimum Gasteiger partial charge on any atom is -0.489 e. The number of fused-ring (bicyclic) bond motifs is 2. The van der Waals surface area contributed by atoms with Gasteiger partial charge in [0.25, 0.3) is 15.9 Å². The first-order chi connectivity index (χ1) is 32.2. The highest BCUT2D eigenvalue weighted by molar-refractivity contribution is 7.90. The number of nitrogen functional groups attached to an aromatic ring is 1. The molecule has 3 aromatic carbocycles. The van der Waals surface area contributed by atoms with Crippen molar-refractivity contribution in [1.29, 1.82) is 0 Å². The van der Waals surface area contributed by atoms with Gasteiger partial charge in [-0.25, -0.2) is 18.1 Å². The van der Waals surface area contributed by atoms with E-state index >= 15 is 0 Å². The van der Waals surface area contributed by atoms with E-state index in [-0.39, 0.29) is 69.2 Å². The summed E-state index contributed by atoms with van der Waals surface area (Å²) in [6, 6.07) is 20.5. The van der Waals surface area contributed by atoms with Gasteiger partial charge in [0.1, 0.15) is 35.1 Å². The summed E-state index contributed by atoms with van der Waals surface area (Å²) in [4.78, 5) is 38.4. The first kappa shape index (κ1) is 45.1. The van der Waals surface area contributed by atoms with Crippen molar-refractivity contribution in [3.63, 3.8) is 0 Å². The minimum atomic E-state index is -4.57. The fourth-order valence-corrected chi connectivity index (χ4v) is 12.3. The van der Waals surface area contributed by atoms with Crippen LogP contribution in [0.2, 0.25) is 0 Å². The van der Waals surface area contributed by atoms with Gasteiger partial charge in [0.2, 0.25) is 0 Å². The largest absolute Gasteiger partial charge is 0.489 e. The molecule has 5 aliphatic rings. The number of anilines is 3. The number of aromatic nitrogens is 2. The molecule has 1 amide bonds. The molecule has 1 unspecified atom stereocenters. The third-order valence-corrected chi connectivity index (χ3v) is 16.5. The lowest BCUT2D eigenvalue weighted by molar-refractivity contribution is -0.0912. The lowest BCUT2D eigenvalue weighted by Gasteiger charge is -2.57. The minimum absolute atomic E-state index is 0.0470. The predicted molar refractivity (Wildman–Crippen MR) is 257 cm³/mol. The van der Waals surface area contributed by atoms with E-state index in [0.717, 1.165) is 81.9 Å². The number of ether oxygens (including phenoxy) is 3. The Morgan fingerprint density at radius 2 is 1.78 bits per heavy atom. The number of H-pyrrole nitrogens is 1. The van der Waals surface area contributed by atoms with Crippen LogP contribution in [0, 0.1) is 16.2 Å². The Balaban J connectivity index is 0.859. The molecule has 5 aromatic rings. The van der Waals surface area contributed by atoms with Gasteiger partial charge in [0, 0.05) is 55.1 Å². The number of nitroso groups, excluding NO2 is 1. The molecule has 17 heteroatoms. The molecule has 2 aliphatic carbocycles. The molecular formula is C50H60N8O8S. The smallest absolute Gasteiger partial charge is 0.268 e. The number of carbonyl (C=O) groups is 1. The highest BCUT2D eigenvalue weighted by atomic mass is 32.2. The van der Waals surface area contributed by atoms with E-state index in [1.165, 1.54) is 17.2 Å². The third kappa shape index (κ3) is 8.94. The molecule has 5 heterocycles. The zero-order valence-corrected chi connectivity index (χ0v) is 39.1. The molecule has 67 heavy (non-hydrogen) atoms. The standard InChI is InChI=1S/C50H60N8O8S/c1-30(2)36-6-4-5-7-37(36)41-29-64-21-20-58(41)34-26-50(27-34)15-18-57(19-16-50)33-8-9-38(42(23-33)66-44-22-32-12-17-52-47(32)54-46(44)51)48(59)56-67(62,63)35-24-39(55-61)45-43(25-35)65-28-40(53-45)31-10-13-49(3,60)14-11-31/h4-9,12,17,22-25,30-31,34,40-41,53,60H,10-11,13-16,18-21,26-29H2,1-3H3,(H,56,59)(H3,51,52,54)/t31-,40?,41-,49-/m1/s1. The van der Waals surface area contributed by atoms with Crippen molar-refractivity contribution < 1.29 is 32.5 Å². The Hall–Kier alpha value is -5.75. The molecule has 10 rings (SSSR count). The van der Waals surface area contributed by atoms with Crippen LogP contribution in [-0.2, 0) is 14.8 Å². The number of morpholine rings is 1. The Morgan fingerprint density at radius 3 is 2.54 bits per heavy atom. The number of aliphatic hydroxyl groups is 1. The maximum Gasteiger partial charge on any atom is 0.268 e. The molecule has 0 bridgehead atoms. The molecule has 2 aromatic heterocycles. The Morgan fingerprint density at radius 1 is 1.00 bits per heavy atom. The van der Waals surface area contributed by atoms with Crippen molar-refractivity contribution in [2.45, 2.75) is 107 Å². The number of benzene rings is 3. The van der Waals surface area contributed by atoms with Crippen molar-refractivity contribution in [2.75, 3.05) is 55.4 Å². The van der Waals surface area contributed by atoms with Crippen LogP contribution in [0.1, 0.15) is 106 Å². The number of hydrogen-bond donors (Lipinski definition) is 5. The summed E-state index contributed by atoms with van der Waals surface area (Å²) in [5.41, 5.74) is 10.1. The van der Waals surface area contributed by atoms with E-state index in [1.807, 2.05) is 19.1 Å². The van der Waals surface area contributed by atoms with Gasteiger partial charge in [0.05, 0.1) is 41.4 Å². The molecule has 0 radical (unpaired) electrons. The number of sulfonamides is 1. The number of nitrogens with zero attached hydrogens (tertiary/aromatic N) is 4. The van der Waals surface area contributed by atoms with Gasteiger partial charge < -0.3 is 40.3 Å². The molecule has 6 N–H and O–H groups in total. The van der Waals surface area contributed by atoms with Crippen LogP contribution in [0.3, 0.4) is 0 Å². The molecule has 3 aliphatic heterocycles. The normalized spacial score (nSPS) is 24.4. The van der Waals surface area contributed by atoms with E-state index in [4.69, 9.17) is 19.9 Å². The van der Waals surface area contributed by atoms with Crippen LogP contribution >= 0.6 is 0 Å². The zero-order chi connectivity index (χ0) is 46.7. The van der Waals surface area contributed by atoms with E-state index < -0.39 is 21.5 Å². The number of nitrogens with one attached hydrogen (secondary N) is 3. The SMILES string of the molecule is CC(C)c1ccccc1[C@H]1COCCN1C1CC2(CCN(c3ccc(C(=O)NS(=O)(=O)c4cc(N=O)c5c(c4)OCC([C@H]4CC[C@](C)(O)CC4)N5)c(Oc4cc5cc[nH]c5nc4N)c3)CC2)C1. The number of pyridine rings is 1. The van der Waals surface area contributed by atoms with Crippen molar-refractivity contribution >= 4 is 49.8 Å². The zero-order valence-electron chi connectivity index (χ0n) is 38.3. The van der Waals surface area contributed by atoms with E-state index in [1.54, 1.807) is 24.4 Å². The van der Waals surface area contributed by atoms with Gasteiger partial charge in [-0.05, 0) is 122 Å². The topological polar surface area (TPSA) is 214 Å². The van der Waals surface area contributed by atoms with Crippen LogP contribution in [0.4, 0.5) is 22.9 Å². The number of hydrogen-bond acceptors (Lipinski definition) is 14. The van der Waals surface area contributed by atoms with Crippen LogP contribution in [0.25, 0.3) is 11.0 Å². The van der Waals surface area contributed by atoms with Crippen LogP contribution in [0.15, 0.2) is 83.0 Å². The van der Waals surface area contributed by atoms with Gasteiger partial charge in [0.15, 0.2) is 11.6 Å². The van der Waals surface area contributed by atoms with E-state index in [9.17, 15) is 23.2 Å². The number of amides is 1. The van der Waals surface area contributed by atoms with Crippen LogP contribution in [-0.4, -0.2) is 91.4 Å². The van der Waals surface area contributed by atoms with Crippen molar-refractivity contribution in [2.24, 2.45) is 16.5 Å². The molecule has 2 saturated heterocycles. The summed E-state index contributed by atoms with van der Waals surface area (Å²) in [5, 5.41) is 17.7. The first-order valence-electron chi connectivity index (χ1n) is 23.6. The van der Waals surface area contributed by atoms with Gasteiger partial charge >= 0.3 is 0 Å². The molecule has 354 valence electrons. The summed E-state index contributed by atoms with van der Waals surface area (Å²) >= 11 is 0. The van der Waals surface area contributed by atoms with Gasteiger partial charge in [-0.1, -0.05) is 38.1 Å². The quantitative estimate of drug-likeness (QED) is 0.0787. The lowest BCUT2D eigenvalue weighted by Crippen LogP contribution is -2.58. The molecule has 2 saturated carbocycles. The third-order valence-electron chi connectivity index (χ3n) is 15.2. The summed E-state index contributed by atoms with van der Waals surface area (Å²) in [6.45, 7) is 10.6. The fourth-order valence-electron chi connectivity index (χ4n) is 11.3. The molecule has 4 fully saturated rings. The second-order valence-corrected chi connectivity index (χ2v) is 21.7. The summed E-state index contributed by atoms with van der Waals surface area (Å²) < 4.78 is 48.6. The Labute approximate surface area is 391 Å². The highest BCUT2D eigenvalue weighted by Gasteiger charge is 2.50. The number of aromatic amines is 1. The maximum absolute atomic E-state index is 14.2. The average molecular weight is 933 g/mol. The van der Waals surface area contributed by atoms with E-state index in [2.05, 4.69) is 73.1 Å². The first-order valence-corrected chi connectivity index (χ1v) is 25.1. The maximum atomic E-state index is 14.2. The van der Waals surface area contributed by atoms with Gasteiger partial charge in [-0.15, -0.1) is 4.91 Å². The monoisotopic (exact) mass is 932 g/mol. The molecular weight excluding hydrogens is 873 g/mol. The van der Waals surface area contributed by atoms with Crippen LogP contribution < -0.4 is 30.1 Å². The summed E-state index contributed by atoms with van der Waals surface area (Å²) in [7, 11) is -4.57. The fraction of sp³-hybridized carbons (Fsp3) is 0.480. The van der Waals surface area contributed by atoms with Crippen molar-refractivity contribution in [3.8, 4) is 17.2 Å². The Kier molecular flexibility index (Phi) is 11.9. The number of piperidine rings is 1. The van der Waals surface area contributed by atoms with Gasteiger partial charge in [-0.2, -0.15) is 0 Å². The molecule has 2 atom stereocenters.